The predicted octanol–water partition coefficient (Wildman–Crippen LogP) is 3.09. The minimum absolute atomic E-state index is 0.0644. The van der Waals surface area contributed by atoms with Crippen molar-refractivity contribution in [2.75, 3.05) is 11.1 Å². The molecule has 1 amide bonds. The van der Waals surface area contributed by atoms with Gasteiger partial charge in [0.15, 0.2) is 5.16 Å². The highest BCUT2D eigenvalue weighted by Gasteiger charge is 2.37. The number of nitro groups is 1. The zero-order valence-corrected chi connectivity index (χ0v) is 14.7. The molecule has 1 N–H and O–H groups in total. The van der Waals surface area contributed by atoms with Crippen molar-refractivity contribution in [2.24, 2.45) is 7.05 Å². The van der Waals surface area contributed by atoms with E-state index in [1.54, 1.807) is 19.9 Å². The molecular formula is C14H14F3N5O3S. The van der Waals surface area contributed by atoms with E-state index in [1.165, 1.54) is 6.07 Å². The summed E-state index contributed by atoms with van der Waals surface area (Å²) >= 11 is 0.743. The normalized spacial score (nSPS) is 11.5. The average molecular weight is 389 g/mol. The summed E-state index contributed by atoms with van der Waals surface area (Å²) in [6, 6.07) is 2.85. The molecule has 2 aromatic rings. The highest BCUT2D eigenvalue weighted by Crippen LogP contribution is 2.31. The molecule has 1 aromatic carbocycles. The molecule has 0 atom stereocenters. The van der Waals surface area contributed by atoms with Gasteiger partial charge in [0.25, 0.3) is 5.69 Å². The van der Waals surface area contributed by atoms with Gasteiger partial charge in [0.1, 0.15) is 5.69 Å². The number of hydrogen-bond acceptors (Lipinski definition) is 6. The van der Waals surface area contributed by atoms with Crippen LogP contribution in [0.2, 0.25) is 0 Å². The standard InChI is InChI=1S/C14H14F3N5O3S/c1-7-4-5-9(22(24)25)11(8(7)2)18-10(23)6-26-13-20-19-12(21(13)3)14(15,16)17/h4-5H,6H2,1-3H3,(H,18,23). The molecule has 0 aliphatic carbocycles. The van der Waals surface area contributed by atoms with Crippen LogP contribution in [-0.4, -0.2) is 31.3 Å². The lowest BCUT2D eigenvalue weighted by Gasteiger charge is -2.11. The first-order valence-corrected chi connectivity index (χ1v) is 8.14. The number of benzene rings is 1. The zero-order valence-electron chi connectivity index (χ0n) is 13.9. The molecule has 0 radical (unpaired) electrons. The second kappa shape index (κ2) is 7.32. The van der Waals surface area contributed by atoms with Crippen LogP contribution < -0.4 is 5.32 Å². The smallest absolute Gasteiger partial charge is 0.319 e. The second-order valence-corrected chi connectivity index (χ2v) is 6.30. The third kappa shape index (κ3) is 4.12. The molecule has 140 valence electrons. The van der Waals surface area contributed by atoms with Gasteiger partial charge in [-0.3, -0.25) is 14.9 Å². The van der Waals surface area contributed by atoms with Crippen LogP contribution in [0, 0.1) is 24.0 Å². The number of carbonyl (C=O) groups is 1. The van der Waals surface area contributed by atoms with E-state index in [2.05, 4.69) is 15.5 Å². The number of amides is 1. The van der Waals surface area contributed by atoms with Crippen LogP contribution in [0.3, 0.4) is 0 Å². The maximum absolute atomic E-state index is 12.7. The van der Waals surface area contributed by atoms with Gasteiger partial charge in [-0.2, -0.15) is 13.2 Å². The molecule has 26 heavy (non-hydrogen) atoms. The number of anilines is 1. The van der Waals surface area contributed by atoms with Crippen molar-refractivity contribution < 1.29 is 22.9 Å². The van der Waals surface area contributed by atoms with Gasteiger partial charge in [-0.05, 0) is 25.0 Å². The van der Waals surface area contributed by atoms with E-state index in [0.29, 0.717) is 5.56 Å². The Kier molecular flexibility index (Phi) is 5.54. The summed E-state index contributed by atoms with van der Waals surface area (Å²) in [5.41, 5.74) is 1.09. The molecule has 12 heteroatoms. The fourth-order valence-corrected chi connectivity index (χ4v) is 2.82. The van der Waals surface area contributed by atoms with Crippen LogP contribution in [0.15, 0.2) is 17.3 Å². The quantitative estimate of drug-likeness (QED) is 0.479. The van der Waals surface area contributed by atoms with E-state index in [9.17, 15) is 28.1 Å². The number of nitro benzene ring substituents is 1. The third-order valence-electron chi connectivity index (χ3n) is 3.60. The first-order chi connectivity index (χ1) is 12.0. The molecule has 1 heterocycles. The molecule has 0 bridgehead atoms. The third-order valence-corrected chi connectivity index (χ3v) is 4.62. The number of nitrogens with zero attached hydrogens (tertiary/aromatic N) is 4. The summed E-state index contributed by atoms with van der Waals surface area (Å²) in [6.07, 6.45) is -4.65. The Morgan fingerprint density at radius 3 is 2.54 bits per heavy atom. The summed E-state index contributed by atoms with van der Waals surface area (Å²) in [5, 5.41) is 19.9. The maximum Gasteiger partial charge on any atom is 0.451 e. The Labute approximate surface area is 149 Å². The maximum atomic E-state index is 12.7. The number of aryl methyl sites for hydroxylation is 1. The van der Waals surface area contributed by atoms with Gasteiger partial charge in [-0.1, -0.05) is 17.8 Å². The average Bonchev–Trinajstić information content (AvgIpc) is 2.90. The monoisotopic (exact) mass is 389 g/mol. The molecule has 0 aliphatic rings. The van der Waals surface area contributed by atoms with Gasteiger partial charge in [0, 0.05) is 13.1 Å². The number of nitrogens with one attached hydrogen (secondary N) is 1. The lowest BCUT2D eigenvalue weighted by molar-refractivity contribution is -0.384. The molecule has 8 nitrogen and oxygen atoms in total. The van der Waals surface area contributed by atoms with Gasteiger partial charge >= 0.3 is 6.18 Å². The van der Waals surface area contributed by atoms with E-state index >= 15 is 0 Å². The lowest BCUT2D eigenvalue weighted by Crippen LogP contribution is -2.17. The van der Waals surface area contributed by atoms with Gasteiger partial charge in [-0.15, -0.1) is 10.2 Å². The number of rotatable bonds is 5. The fourth-order valence-electron chi connectivity index (χ4n) is 2.10. The number of halogens is 3. The van der Waals surface area contributed by atoms with E-state index in [-0.39, 0.29) is 22.3 Å². The molecule has 0 aliphatic heterocycles. The Morgan fingerprint density at radius 2 is 2.00 bits per heavy atom. The molecular weight excluding hydrogens is 375 g/mol. The number of carbonyl (C=O) groups excluding carboxylic acids is 1. The van der Waals surface area contributed by atoms with E-state index in [4.69, 9.17) is 0 Å². The Morgan fingerprint density at radius 1 is 1.35 bits per heavy atom. The van der Waals surface area contributed by atoms with Crippen molar-refractivity contribution in [3.8, 4) is 0 Å². The Balaban J connectivity index is 2.13. The first kappa shape index (κ1) is 19.7. The zero-order chi connectivity index (χ0) is 19.6. The van der Waals surface area contributed by atoms with Crippen LogP contribution in [0.1, 0.15) is 17.0 Å². The van der Waals surface area contributed by atoms with Crippen LogP contribution in [0.4, 0.5) is 24.5 Å². The Bertz CT molecular complexity index is 866. The molecule has 0 fully saturated rings. The number of thioether (sulfide) groups is 1. The largest absolute Gasteiger partial charge is 0.451 e. The van der Waals surface area contributed by atoms with Gasteiger partial charge in [-0.25, -0.2) is 0 Å². The molecule has 1 aromatic heterocycles. The first-order valence-electron chi connectivity index (χ1n) is 7.16. The highest BCUT2D eigenvalue weighted by atomic mass is 32.2. The summed E-state index contributed by atoms with van der Waals surface area (Å²) < 4.78 is 38.8. The van der Waals surface area contributed by atoms with Gasteiger partial charge in [0.05, 0.1) is 10.7 Å². The molecule has 0 unspecified atom stereocenters. The van der Waals surface area contributed by atoms with Crippen LogP contribution >= 0.6 is 11.8 Å². The minimum Gasteiger partial charge on any atom is -0.319 e. The van der Waals surface area contributed by atoms with E-state index in [1.807, 2.05) is 0 Å². The van der Waals surface area contributed by atoms with Crippen molar-refractivity contribution >= 4 is 29.0 Å². The lowest BCUT2D eigenvalue weighted by atomic mass is 10.1. The van der Waals surface area contributed by atoms with Gasteiger partial charge < -0.3 is 9.88 Å². The summed E-state index contributed by atoms with van der Waals surface area (Å²) in [7, 11) is 1.14. The molecule has 0 saturated heterocycles. The second-order valence-electron chi connectivity index (χ2n) is 5.36. The summed E-state index contributed by atoms with van der Waals surface area (Å²) in [5.74, 6) is -2.07. The topological polar surface area (TPSA) is 103 Å². The summed E-state index contributed by atoms with van der Waals surface area (Å²) in [6.45, 7) is 3.37. The van der Waals surface area contributed by atoms with Gasteiger partial charge in [0.2, 0.25) is 11.7 Å². The minimum atomic E-state index is -4.65. The summed E-state index contributed by atoms with van der Waals surface area (Å²) in [4.78, 5) is 22.6. The molecule has 0 saturated carbocycles. The number of alkyl halides is 3. The van der Waals surface area contributed by atoms with Crippen molar-refractivity contribution in [1.29, 1.82) is 0 Å². The van der Waals surface area contributed by atoms with E-state index < -0.39 is 22.8 Å². The SMILES string of the molecule is Cc1ccc([N+](=O)[O-])c(NC(=O)CSc2nnc(C(F)(F)F)n2C)c1C. The van der Waals surface area contributed by atoms with Crippen molar-refractivity contribution in [3.63, 3.8) is 0 Å². The van der Waals surface area contributed by atoms with E-state index in [0.717, 1.165) is 28.9 Å². The van der Waals surface area contributed by atoms with Crippen molar-refractivity contribution in [2.45, 2.75) is 25.2 Å². The molecule has 0 spiro atoms. The predicted molar refractivity (Wildman–Crippen MR) is 87.9 cm³/mol. The number of aromatic nitrogens is 3. The van der Waals surface area contributed by atoms with Crippen molar-refractivity contribution in [1.82, 2.24) is 14.8 Å². The van der Waals surface area contributed by atoms with Crippen LogP contribution in [0.5, 0.6) is 0 Å². The number of hydrogen-bond donors (Lipinski definition) is 1. The highest BCUT2D eigenvalue weighted by molar-refractivity contribution is 7.99. The van der Waals surface area contributed by atoms with Crippen molar-refractivity contribution in [3.05, 3.63) is 39.2 Å². The fraction of sp³-hybridized carbons (Fsp3) is 0.357. The van der Waals surface area contributed by atoms with Crippen LogP contribution in [-0.2, 0) is 18.0 Å². The Hall–Kier alpha value is -2.63. The molecule has 2 rings (SSSR count). The van der Waals surface area contributed by atoms with Crippen LogP contribution in [0.25, 0.3) is 0 Å².